The fourth-order valence-corrected chi connectivity index (χ4v) is 1.98. The molecule has 3 nitrogen and oxygen atoms in total. The molecule has 0 aromatic carbocycles. The van der Waals surface area contributed by atoms with E-state index in [1.807, 2.05) is 7.05 Å². The van der Waals surface area contributed by atoms with Crippen LogP contribution < -0.4 is 5.73 Å². The zero-order valence-electron chi connectivity index (χ0n) is 6.76. The number of nitrogens with zero attached hydrogens (tertiary/aromatic N) is 2. The molecule has 1 rings (SSSR count). The number of halogens is 1. The molecule has 1 heterocycles. The van der Waals surface area contributed by atoms with Gasteiger partial charge in [0.25, 0.3) is 0 Å². The summed E-state index contributed by atoms with van der Waals surface area (Å²) in [5.41, 5.74) is 6.82. The van der Waals surface area contributed by atoms with Gasteiger partial charge in [-0.25, -0.2) is 4.98 Å². The molecule has 2 N–H and O–H groups in total. The van der Waals surface area contributed by atoms with Gasteiger partial charge in [-0.2, -0.15) is 0 Å². The number of nitrogens with two attached hydrogens (primary N) is 1. The third-order valence-electron chi connectivity index (χ3n) is 1.78. The first-order valence-corrected chi connectivity index (χ1v) is 5.09. The molecule has 0 amide bonds. The maximum atomic E-state index is 5.69. The van der Waals surface area contributed by atoms with Crippen molar-refractivity contribution in [2.24, 2.45) is 7.05 Å². The minimum Gasteiger partial charge on any atom is -0.382 e. The van der Waals surface area contributed by atoms with E-state index in [2.05, 4.69) is 39.1 Å². The number of anilines is 1. The number of aromatic nitrogens is 2. The van der Waals surface area contributed by atoms with Gasteiger partial charge in [0.1, 0.15) is 11.6 Å². The first-order valence-electron chi connectivity index (χ1n) is 3.56. The van der Waals surface area contributed by atoms with Crippen molar-refractivity contribution in [2.45, 2.75) is 17.8 Å². The van der Waals surface area contributed by atoms with Crippen LogP contribution in [0.1, 0.15) is 18.4 Å². The van der Waals surface area contributed by atoms with Crippen molar-refractivity contribution >= 4 is 28.4 Å². The van der Waals surface area contributed by atoms with E-state index in [1.165, 1.54) is 0 Å². The van der Waals surface area contributed by atoms with Gasteiger partial charge in [0.2, 0.25) is 0 Å². The second-order valence-corrected chi connectivity index (χ2v) is 3.17. The molecule has 0 atom stereocenters. The maximum Gasteiger partial charge on any atom is 0.146 e. The fraction of sp³-hybridized carbons (Fsp3) is 0.571. The number of nitrogen functional groups attached to an aromatic ring is 1. The molecule has 1 aromatic rings. The topological polar surface area (TPSA) is 43.8 Å². The monoisotopic (exact) mass is 265 g/mol. The Hall–Kier alpha value is -0.260. The summed E-state index contributed by atoms with van der Waals surface area (Å²) >= 11 is 2.29. The highest BCUT2D eigenvalue weighted by Crippen LogP contribution is 2.15. The Bertz CT molecular complexity index is 254. The van der Waals surface area contributed by atoms with Crippen LogP contribution >= 0.6 is 22.6 Å². The number of imidazole rings is 1. The van der Waals surface area contributed by atoms with E-state index >= 15 is 0 Å². The smallest absolute Gasteiger partial charge is 0.146 e. The summed E-state index contributed by atoms with van der Waals surface area (Å²) < 4.78 is 2.99. The Morgan fingerprint density at radius 1 is 1.64 bits per heavy atom. The summed E-state index contributed by atoms with van der Waals surface area (Å²) in [5, 5.41) is 0. The molecular formula is C7H12IN3. The SMILES string of the molecule is CCc1nc(N)c(CI)n1C. The second kappa shape index (κ2) is 3.42. The number of hydrogen-bond donors (Lipinski definition) is 1. The minimum absolute atomic E-state index is 0.679. The van der Waals surface area contributed by atoms with Gasteiger partial charge >= 0.3 is 0 Å². The molecule has 0 saturated carbocycles. The van der Waals surface area contributed by atoms with Gasteiger partial charge in [-0.15, -0.1) is 0 Å². The largest absolute Gasteiger partial charge is 0.382 e. The quantitative estimate of drug-likeness (QED) is 0.650. The van der Waals surface area contributed by atoms with Crippen LogP contribution in [0.2, 0.25) is 0 Å². The highest BCUT2D eigenvalue weighted by molar-refractivity contribution is 14.1. The Morgan fingerprint density at radius 3 is 2.55 bits per heavy atom. The lowest BCUT2D eigenvalue weighted by atomic mass is 10.4. The van der Waals surface area contributed by atoms with E-state index in [0.29, 0.717) is 5.82 Å². The predicted molar refractivity (Wildman–Crippen MR) is 54.7 cm³/mol. The zero-order valence-corrected chi connectivity index (χ0v) is 8.92. The van der Waals surface area contributed by atoms with E-state index in [1.54, 1.807) is 0 Å². The summed E-state index contributed by atoms with van der Waals surface area (Å²) in [6, 6.07) is 0. The highest BCUT2D eigenvalue weighted by Gasteiger charge is 2.08. The molecule has 4 heteroatoms. The molecule has 0 saturated heterocycles. The first-order chi connectivity index (χ1) is 5.20. The molecular weight excluding hydrogens is 253 g/mol. The fourth-order valence-electron chi connectivity index (χ4n) is 1.08. The lowest BCUT2D eigenvalue weighted by molar-refractivity contribution is 0.784. The normalized spacial score (nSPS) is 10.5. The molecule has 0 aliphatic carbocycles. The van der Waals surface area contributed by atoms with Crippen LogP contribution in [0.4, 0.5) is 5.82 Å². The Balaban J connectivity index is 3.14. The van der Waals surface area contributed by atoms with E-state index in [9.17, 15) is 0 Å². The summed E-state index contributed by atoms with van der Waals surface area (Å²) in [6.07, 6.45) is 0.942. The second-order valence-electron chi connectivity index (χ2n) is 2.41. The van der Waals surface area contributed by atoms with Crippen LogP contribution in [0.3, 0.4) is 0 Å². The maximum absolute atomic E-state index is 5.69. The van der Waals surface area contributed by atoms with E-state index < -0.39 is 0 Å². The lowest BCUT2D eigenvalue weighted by Crippen LogP contribution is -1.99. The summed E-state index contributed by atoms with van der Waals surface area (Å²) in [4.78, 5) is 4.24. The molecule has 11 heavy (non-hydrogen) atoms. The van der Waals surface area contributed by atoms with E-state index in [4.69, 9.17) is 5.73 Å². The van der Waals surface area contributed by atoms with Crippen LogP contribution in [0.5, 0.6) is 0 Å². The molecule has 0 aliphatic rings. The number of aryl methyl sites for hydroxylation is 1. The molecule has 0 spiro atoms. The van der Waals surface area contributed by atoms with Crippen LogP contribution in [0, 0.1) is 0 Å². The van der Waals surface area contributed by atoms with Crippen molar-refractivity contribution in [3.63, 3.8) is 0 Å². The number of rotatable bonds is 2. The van der Waals surface area contributed by atoms with Crippen LogP contribution in [0.15, 0.2) is 0 Å². The van der Waals surface area contributed by atoms with Gasteiger partial charge in [0.15, 0.2) is 0 Å². The predicted octanol–water partition coefficient (Wildman–Crippen LogP) is 1.50. The summed E-state index contributed by atoms with van der Waals surface area (Å²) in [6.45, 7) is 2.08. The van der Waals surface area contributed by atoms with E-state index in [0.717, 1.165) is 22.4 Å². The Morgan fingerprint density at radius 2 is 2.27 bits per heavy atom. The third-order valence-corrected chi connectivity index (χ3v) is 2.50. The van der Waals surface area contributed by atoms with Gasteiger partial charge in [0.05, 0.1) is 5.69 Å². The molecule has 0 bridgehead atoms. The highest BCUT2D eigenvalue weighted by atomic mass is 127. The average molecular weight is 265 g/mol. The van der Waals surface area contributed by atoms with Crippen molar-refractivity contribution in [2.75, 3.05) is 5.73 Å². The van der Waals surface area contributed by atoms with Crippen LogP contribution in [-0.4, -0.2) is 9.55 Å². The first kappa shape index (κ1) is 8.83. The van der Waals surface area contributed by atoms with Gasteiger partial charge < -0.3 is 10.3 Å². The minimum atomic E-state index is 0.679. The van der Waals surface area contributed by atoms with Gasteiger partial charge in [-0.1, -0.05) is 29.5 Å². The van der Waals surface area contributed by atoms with E-state index in [-0.39, 0.29) is 0 Å². The van der Waals surface area contributed by atoms with Gasteiger partial charge in [-0.05, 0) is 0 Å². The lowest BCUT2D eigenvalue weighted by Gasteiger charge is -2.00. The molecule has 0 unspecified atom stereocenters. The molecule has 0 aliphatic heterocycles. The van der Waals surface area contributed by atoms with Crippen molar-refractivity contribution in [3.8, 4) is 0 Å². The van der Waals surface area contributed by atoms with Crippen LogP contribution in [-0.2, 0) is 17.9 Å². The van der Waals surface area contributed by atoms with Crippen molar-refractivity contribution in [1.82, 2.24) is 9.55 Å². The average Bonchev–Trinajstić information content (AvgIpc) is 2.26. The molecule has 0 radical (unpaired) electrons. The molecule has 62 valence electrons. The third kappa shape index (κ3) is 1.50. The standard InChI is InChI=1S/C7H12IN3/c1-3-6-10-7(9)5(4-8)11(6)2/h3-4,9H2,1-2H3. The van der Waals surface area contributed by atoms with Crippen LogP contribution in [0.25, 0.3) is 0 Å². The zero-order chi connectivity index (χ0) is 8.43. The van der Waals surface area contributed by atoms with Crippen molar-refractivity contribution in [3.05, 3.63) is 11.5 Å². The summed E-state index contributed by atoms with van der Waals surface area (Å²) in [7, 11) is 2.01. The Kier molecular flexibility index (Phi) is 2.75. The van der Waals surface area contributed by atoms with Gasteiger partial charge in [-0.3, -0.25) is 0 Å². The van der Waals surface area contributed by atoms with Crippen molar-refractivity contribution in [1.29, 1.82) is 0 Å². The molecule has 0 fully saturated rings. The Labute approximate surface area is 80.1 Å². The van der Waals surface area contributed by atoms with Gasteiger partial charge in [0, 0.05) is 17.9 Å². The molecule has 1 aromatic heterocycles. The summed E-state index contributed by atoms with van der Waals surface area (Å²) in [5.74, 6) is 1.74. The van der Waals surface area contributed by atoms with Crippen molar-refractivity contribution < 1.29 is 0 Å². The number of alkyl halides is 1. The number of hydrogen-bond acceptors (Lipinski definition) is 2.